The molecule has 0 aliphatic heterocycles. The first-order valence-electron chi connectivity index (χ1n) is 10.2. The van der Waals surface area contributed by atoms with Crippen molar-refractivity contribution in [3.63, 3.8) is 0 Å². The van der Waals surface area contributed by atoms with E-state index in [1.807, 2.05) is 0 Å². The van der Waals surface area contributed by atoms with Crippen LogP contribution >= 0.6 is 22.6 Å². The number of pyridine rings is 1. The predicted molar refractivity (Wildman–Crippen MR) is 121 cm³/mol. The number of aliphatic hydroxyl groups is 1. The number of halogens is 1. The second-order valence-electron chi connectivity index (χ2n) is 10.3. The second kappa shape index (κ2) is 7.85. The summed E-state index contributed by atoms with van der Waals surface area (Å²) in [5.74, 6) is 0.862. The van der Waals surface area contributed by atoms with Gasteiger partial charge in [0.15, 0.2) is 0 Å². The first-order chi connectivity index (χ1) is 13.3. The monoisotopic (exact) mass is 508 g/mol. The van der Waals surface area contributed by atoms with Crippen molar-refractivity contribution in [2.75, 3.05) is 0 Å². The summed E-state index contributed by atoms with van der Waals surface area (Å²) < 4.78 is 0.846. The fraction of sp³-hybridized carbons (Fsp3) is 0.609. The van der Waals surface area contributed by atoms with E-state index >= 15 is 0 Å². The zero-order valence-electron chi connectivity index (χ0n) is 18.4. The zero-order valence-corrected chi connectivity index (χ0v) is 20.5. The van der Waals surface area contributed by atoms with Gasteiger partial charge in [0.2, 0.25) is 0 Å². The smallest absolute Gasteiger partial charge is 0.133 e. The summed E-state index contributed by atoms with van der Waals surface area (Å²) in [6.45, 7) is 14.6. The van der Waals surface area contributed by atoms with Crippen molar-refractivity contribution in [2.24, 2.45) is 5.41 Å². The first-order valence-corrected chi connectivity index (χ1v) is 11.3. The minimum Gasteiger partial charge on any atom is -0.848 e. The van der Waals surface area contributed by atoms with Gasteiger partial charge in [0.05, 0.1) is 5.69 Å². The molecule has 0 aromatic carbocycles. The molecule has 0 saturated carbocycles. The standard InChI is InChI=1S/C23H31IN3O2/c1-12(2)19-17(20(29)13-10-25-21(26-11-13)22(3,4)5)18(24)16-14(27-19)8-23(6,7)9-15(16)28/h10-12,15,20,29H,8-9H2,1-7H3/q-1/t15-,20+/m0/s1. The Morgan fingerprint density at radius 2 is 1.79 bits per heavy atom. The third-order valence-electron chi connectivity index (χ3n) is 5.50. The van der Waals surface area contributed by atoms with Crippen LogP contribution < -0.4 is 5.11 Å². The maximum Gasteiger partial charge on any atom is 0.133 e. The highest BCUT2D eigenvalue weighted by molar-refractivity contribution is 14.1. The van der Waals surface area contributed by atoms with Gasteiger partial charge in [-0.3, -0.25) is 4.98 Å². The largest absolute Gasteiger partial charge is 0.848 e. The van der Waals surface area contributed by atoms with Gasteiger partial charge in [0.25, 0.3) is 0 Å². The van der Waals surface area contributed by atoms with Crippen LogP contribution in [0.2, 0.25) is 0 Å². The van der Waals surface area contributed by atoms with Crippen LogP contribution in [0.15, 0.2) is 12.4 Å². The third kappa shape index (κ3) is 4.49. The average molecular weight is 508 g/mol. The van der Waals surface area contributed by atoms with Gasteiger partial charge in [-0.1, -0.05) is 61.0 Å². The molecule has 2 aromatic heterocycles. The van der Waals surface area contributed by atoms with Crippen LogP contribution in [0.3, 0.4) is 0 Å². The summed E-state index contributed by atoms with van der Waals surface area (Å²) in [6.07, 6.45) is 3.02. The van der Waals surface area contributed by atoms with E-state index in [9.17, 15) is 10.2 Å². The van der Waals surface area contributed by atoms with Gasteiger partial charge >= 0.3 is 0 Å². The van der Waals surface area contributed by atoms with E-state index in [4.69, 9.17) is 4.98 Å². The van der Waals surface area contributed by atoms with Gasteiger partial charge in [-0.25, -0.2) is 9.97 Å². The molecule has 0 fully saturated rings. The van der Waals surface area contributed by atoms with E-state index < -0.39 is 12.2 Å². The Bertz CT molecular complexity index is 902. The molecule has 0 unspecified atom stereocenters. The molecule has 0 bridgehead atoms. The maximum absolute atomic E-state index is 13.0. The van der Waals surface area contributed by atoms with E-state index in [-0.39, 0.29) is 16.7 Å². The number of hydrogen-bond donors (Lipinski definition) is 1. The molecule has 0 amide bonds. The second-order valence-corrected chi connectivity index (χ2v) is 11.3. The molecule has 1 aliphatic rings. The Kier molecular flexibility index (Phi) is 6.11. The van der Waals surface area contributed by atoms with Crippen molar-refractivity contribution < 1.29 is 10.2 Å². The van der Waals surface area contributed by atoms with Gasteiger partial charge < -0.3 is 10.2 Å². The van der Waals surface area contributed by atoms with Crippen LogP contribution in [0, 0.1) is 8.99 Å². The van der Waals surface area contributed by atoms with Gasteiger partial charge in [0.1, 0.15) is 11.9 Å². The van der Waals surface area contributed by atoms with Gasteiger partial charge in [-0.2, -0.15) is 0 Å². The Balaban J connectivity index is 2.12. The normalized spacial score (nSPS) is 19.9. The quantitative estimate of drug-likeness (QED) is 0.624. The molecule has 0 saturated heterocycles. The molecule has 2 atom stereocenters. The molecule has 3 rings (SSSR count). The van der Waals surface area contributed by atoms with Gasteiger partial charge in [0, 0.05) is 38.2 Å². The molecule has 2 heterocycles. The van der Waals surface area contributed by atoms with Gasteiger partial charge in [-0.05, 0) is 45.9 Å². The summed E-state index contributed by atoms with van der Waals surface area (Å²) in [5.41, 5.74) is 3.65. The molecule has 2 aromatic rings. The van der Waals surface area contributed by atoms with Crippen LogP contribution in [0.5, 0.6) is 0 Å². The molecule has 6 heteroatoms. The lowest BCUT2D eigenvalue weighted by atomic mass is 9.74. The SMILES string of the molecule is CC(C)c1nc2c(c(I)c1[C@H](O)c1cnc(C(C)(C)C)nc1)[C@@H]([O-])CC(C)(C)C2. The highest BCUT2D eigenvalue weighted by Crippen LogP contribution is 2.44. The van der Waals surface area contributed by atoms with E-state index in [2.05, 4.69) is 81.0 Å². The number of aliphatic hydroxyl groups excluding tert-OH is 1. The summed E-state index contributed by atoms with van der Waals surface area (Å²) in [7, 11) is 0. The Morgan fingerprint density at radius 3 is 2.31 bits per heavy atom. The van der Waals surface area contributed by atoms with Gasteiger partial charge in [-0.15, -0.1) is 0 Å². The summed E-state index contributed by atoms with van der Waals surface area (Å²) in [4.78, 5) is 13.9. The maximum atomic E-state index is 13.0. The minimum absolute atomic E-state index is 0.0551. The Morgan fingerprint density at radius 1 is 1.21 bits per heavy atom. The highest BCUT2D eigenvalue weighted by atomic mass is 127. The van der Waals surface area contributed by atoms with E-state index in [1.54, 1.807) is 12.4 Å². The van der Waals surface area contributed by atoms with Crippen LogP contribution in [-0.2, 0) is 11.8 Å². The lowest BCUT2D eigenvalue weighted by Gasteiger charge is -2.41. The van der Waals surface area contributed by atoms with Crippen LogP contribution in [0.1, 0.15) is 107 Å². The molecule has 29 heavy (non-hydrogen) atoms. The number of rotatable bonds is 3. The zero-order chi connectivity index (χ0) is 21.7. The van der Waals surface area contributed by atoms with Crippen molar-refractivity contribution >= 4 is 22.6 Å². The molecule has 5 nitrogen and oxygen atoms in total. The molecule has 1 aliphatic carbocycles. The molecular weight excluding hydrogens is 477 g/mol. The van der Waals surface area contributed by atoms with E-state index in [0.29, 0.717) is 12.0 Å². The lowest BCUT2D eigenvalue weighted by Crippen LogP contribution is -2.34. The molecule has 1 N–H and O–H groups in total. The van der Waals surface area contributed by atoms with E-state index in [0.717, 1.165) is 38.3 Å². The average Bonchev–Trinajstić information content (AvgIpc) is 2.58. The van der Waals surface area contributed by atoms with Crippen molar-refractivity contribution in [3.05, 3.63) is 49.9 Å². The van der Waals surface area contributed by atoms with Crippen LogP contribution in [0.4, 0.5) is 0 Å². The van der Waals surface area contributed by atoms with Crippen LogP contribution in [0.25, 0.3) is 0 Å². The number of fused-ring (bicyclic) bond motifs is 1. The van der Waals surface area contributed by atoms with Crippen molar-refractivity contribution in [1.82, 2.24) is 15.0 Å². The third-order valence-corrected chi connectivity index (χ3v) is 6.66. The summed E-state index contributed by atoms with van der Waals surface area (Å²) in [5, 5.41) is 24.3. The fourth-order valence-electron chi connectivity index (χ4n) is 3.97. The number of hydrogen-bond acceptors (Lipinski definition) is 5. The molecular formula is C23H31IN3O2-. The molecule has 158 valence electrons. The summed E-state index contributed by atoms with van der Waals surface area (Å²) in [6, 6.07) is 0. The van der Waals surface area contributed by atoms with Crippen molar-refractivity contribution in [2.45, 2.75) is 84.8 Å². The highest BCUT2D eigenvalue weighted by Gasteiger charge is 2.33. The molecule has 0 spiro atoms. The first kappa shape index (κ1) is 22.6. The Hall–Kier alpha value is -1.12. The predicted octanol–water partition coefficient (Wildman–Crippen LogP) is 4.35. The summed E-state index contributed by atoms with van der Waals surface area (Å²) >= 11 is 2.23. The molecule has 0 radical (unpaired) electrons. The number of aromatic nitrogens is 3. The number of nitrogens with zero attached hydrogens (tertiary/aromatic N) is 3. The fourth-order valence-corrected chi connectivity index (χ4v) is 5.20. The minimum atomic E-state index is -0.909. The van der Waals surface area contributed by atoms with E-state index in [1.165, 1.54) is 0 Å². The topological polar surface area (TPSA) is 82.0 Å². The lowest BCUT2D eigenvalue weighted by molar-refractivity contribution is -0.434. The van der Waals surface area contributed by atoms with Crippen molar-refractivity contribution in [3.8, 4) is 0 Å². The van der Waals surface area contributed by atoms with Crippen LogP contribution in [-0.4, -0.2) is 20.1 Å². The van der Waals surface area contributed by atoms with Crippen molar-refractivity contribution in [1.29, 1.82) is 0 Å². The Labute approximate surface area is 187 Å².